The lowest BCUT2D eigenvalue weighted by Crippen LogP contribution is -2.14. The molecule has 7 heteroatoms. The highest BCUT2D eigenvalue weighted by molar-refractivity contribution is 9.10. The Morgan fingerprint density at radius 3 is 2.62 bits per heavy atom. The van der Waals surface area contributed by atoms with Crippen molar-refractivity contribution < 1.29 is 4.79 Å². The maximum Gasteiger partial charge on any atom is 0.230 e. The maximum absolute atomic E-state index is 12.1. The molecule has 1 amide bonds. The summed E-state index contributed by atoms with van der Waals surface area (Å²) in [5, 5.41) is 6.30. The highest BCUT2D eigenvalue weighted by atomic mass is 79.9. The first kappa shape index (κ1) is 17.4. The molecule has 1 N–H and O–H groups in total. The van der Waals surface area contributed by atoms with Gasteiger partial charge in [0.05, 0.1) is 17.1 Å². The fourth-order valence-corrected chi connectivity index (χ4v) is 3.60. The standard InChI is InChI=1S/C17H11BrCl2N2OS/c18-11-3-1-10(2-4-11)7-16(23)22-17-21-15(9-24-17)13-6-5-12(19)8-14(13)20/h1-6,8-9H,7H2,(H,21,22,23). The number of anilines is 1. The molecule has 0 radical (unpaired) electrons. The van der Waals surface area contributed by atoms with E-state index in [1.54, 1.807) is 12.1 Å². The van der Waals surface area contributed by atoms with Gasteiger partial charge in [-0.05, 0) is 35.9 Å². The van der Waals surface area contributed by atoms with Crippen molar-refractivity contribution in [3.8, 4) is 11.3 Å². The van der Waals surface area contributed by atoms with Gasteiger partial charge in [0.15, 0.2) is 5.13 Å². The molecule has 3 rings (SSSR count). The van der Waals surface area contributed by atoms with E-state index < -0.39 is 0 Å². The minimum Gasteiger partial charge on any atom is -0.302 e. The number of hydrogen-bond donors (Lipinski definition) is 1. The zero-order valence-corrected chi connectivity index (χ0v) is 16.1. The summed E-state index contributed by atoms with van der Waals surface area (Å²) in [6, 6.07) is 12.9. The van der Waals surface area contributed by atoms with Crippen LogP contribution in [0.2, 0.25) is 10.0 Å². The van der Waals surface area contributed by atoms with Gasteiger partial charge in [-0.3, -0.25) is 4.79 Å². The van der Waals surface area contributed by atoms with Gasteiger partial charge in [0, 0.05) is 20.4 Å². The normalized spacial score (nSPS) is 10.6. The van der Waals surface area contributed by atoms with Crippen molar-refractivity contribution in [2.45, 2.75) is 6.42 Å². The Kier molecular flexibility index (Phi) is 5.56. The second-order valence-corrected chi connectivity index (χ2v) is 7.63. The number of thiazole rings is 1. The first-order valence-electron chi connectivity index (χ1n) is 6.96. The second-order valence-electron chi connectivity index (χ2n) is 5.01. The van der Waals surface area contributed by atoms with Crippen molar-refractivity contribution >= 4 is 61.5 Å². The van der Waals surface area contributed by atoms with Crippen LogP contribution in [-0.4, -0.2) is 10.9 Å². The summed E-state index contributed by atoms with van der Waals surface area (Å²) in [5.74, 6) is -0.111. The highest BCUT2D eigenvalue weighted by Gasteiger charge is 2.11. The Balaban J connectivity index is 1.69. The van der Waals surface area contributed by atoms with Crippen molar-refractivity contribution in [1.29, 1.82) is 0 Å². The average Bonchev–Trinajstić information content (AvgIpc) is 2.97. The van der Waals surface area contributed by atoms with E-state index in [2.05, 4.69) is 26.2 Å². The van der Waals surface area contributed by atoms with Gasteiger partial charge >= 0.3 is 0 Å². The molecule has 0 aliphatic carbocycles. The summed E-state index contributed by atoms with van der Waals surface area (Å²) in [6.07, 6.45) is 0.296. The van der Waals surface area contributed by atoms with E-state index in [-0.39, 0.29) is 5.91 Å². The predicted molar refractivity (Wildman–Crippen MR) is 104 cm³/mol. The monoisotopic (exact) mass is 440 g/mol. The van der Waals surface area contributed by atoms with Gasteiger partial charge in [0.25, 0.3) is 0 Å². The summed E-state index contributed by atoms with van der Waals surface area (Å²) in [5.41, 5.74) is 2.43. The summed E-state index contributed by atoms with van der Waals surface area (Å²) in [6.45, 7) is 0. The quantitative estimate of drug-likeness (QED) is 0.534. The topological polar surface area (TPSA) is 42.0 Å². The zero-order valence-electron chi connectivity index (χ0n) is 12.2. The molecule has 0 saturated heterocycles. The van der Waals surface area contributed by atoms with Gasteiger partial charge in [-0.1, -0.05) is 51.3 Å². The van der Waals surface area contributed by atoms with Gasteiger partial charge in [-0.2, -0.15) is 0 Å². The summed E-state index contributed by atoms with van der Waals surface area (Å²) >= 11 is 16.8. The molecule has 3 aromatic rings. The number of nitrogens with zero attached hydrogens (tertiary/aromatic N) is 1. The molecule has 1 aromatic heterocycles. The Morgan fingerprint density at radius 2 is 1.92 bits per heavy atom. The third-order valence-corrected chi connectivity index (χ3v) is 5.07. The van der Waals surface area contributed by atoms with E-state index in [9.17, 15) is 4.79 Å². The Morgan fingerprint density at radius 1 is 1.17 bits per heavy atom. The first-order chi connectivity index (χ1) is 11.5. The van der Waals surface area contributed by atoms with Crippen LogP contribution >= 0.6 is 50.5 Å². The largest absolute Gasteiger partial charge is 0.302 e. The Labute approximate surface area is 161 Å². The van der Waals surface area contributed by atoms with Gasteiger partial charge in [-0.25, -0.2) is 4.98 Å². The lowest BCUT2D eigenvalue weighted by Gasteiger charge is -2.03. The number of nitrogens with one attached hydrogen (secondary N) is 1. The molecule has 122 valence electrons. The van der Waals surface area contributed by atoms with Crippen LogP contribution in [0, 0.1) is 0 Å². The lowest BCUT2D eigenvalue weighted by atomic mass is 10.1. The van der Waals surface area contributed by atoms with Crippen molar-refractivity contribution in [1.82, 2.24) is 4.98 Å². The molecule has 3 nitrogen and oxygen atoms in total. The van der Waals surface area contributed by atoms with Crippen molar-refractivity contribution in [3.05, 3.63) is 67.9 Å². The molecule has 2 aromatic carbocycles. The molecule has 0 unspecified atom stereocenters. The smallest absolute Gasteiger partial charge is 0.230 e. The van der Waals surface area contributed by atoms with Crippen LogP contribution in [0.4, 0.5) is 5.13 Å². The maximum atomic E-state index is 12.1. The number of amides is 1. The fourth-order valence-electron chi connectivity index (χ4n) is 2.10. The zero-order chi connectivity index (χ0) is 17.1. The van der Waals surface area contributed by atoms with E-state index in [0.717, 1.165) is 15.6 Å². The fraction of sp³-hybridized carbons (Fsp3) is 0.0588. The molecule has 0 spiro atoms. The van der Waals surface area contributed by atoms with Gasteiger partial charge in [0.2, 0.25) is 5.91 Å². The molecule has 1 heterocycles. The van der Waals surface area contributed by atoms with E-state index in [1.807, 2.05) is 35.7 Å². The molecule has 0 atom stereocenters. The molecule has 0 fully saturated rings. The van der Waals surface area contributed by atoms with Crippen molar-refractivity contribution in [2.24, 2.45) is 0 Å². The van der Waals surface area contributed by atoms with Crippen LogP contribution in [0.3, 0.4) is 0 Å². The molecule has 24 heavy (non-hydrogen) atoms. The van der Waals surface area contributed by atoms with E-state index >= 15 is 0 Å². The number of halogens is 3. The first-order valence-corrected chi connectivity index (χ1v) is 9.39. The molecule has 0 aliphatic heterocycles. The highest BCUT2D eigenvalue weighted by Crippen LogP contribution is 2.32. The third kappa shape index (κ3) is 4.36. The number of carbonyl (C=O) groups excluding carboxylic acids is 1. The summed E-state index contributed by atoms with van der Waals surface area (Å²) < 4.78 is 0.982. The van der Waals surface area contributed by atoms with Crippen LogP contribution in [0.25, 0.3) is 11.3 Å². The predicted octanol–water partition coefficient (Wildman–Crippen LogP) is 6.06. The number of rotatable bonds is 4. The van der Waals surface area contributed by atoms with Gasteiger partial charge in [-0.15, -0.1) is 11.3 Å². The van der Waals surface area contributed by atoms with Crippen molar-refractivity contribution in [2.75, 3.05) is 5.32 Å². The molecule has 0 aliphatic rings. The number of hydrogen-bond acceptors (Lipinski definition) is 3. The number of carbonyl (C=O) groups is 1. The second kappa shape index (κ2) is 7.66. The Bertz CT molecular complexity index is 881. The van der Waals surface area contributed by atoms with Gasteiger partial charge < -0.3 is 5.32 Å². The van der Waals surface area contributed by atoms with Crippen LogP contribution < -0.4 is 5.32 Å². The third-order valence-electron chi connectivity index (χ3n) is 3.24. The molecule has 0 saturated carbocycles. The minimum atomic E-state index is -0.111. The van der Waals surface area contributed by atoms with Crippen LogP contribution in [0.15, 0.2) is 52.3 Å². The minimum absolute atomic E-state index is 0.111. The summed E-state index contributed by atoms with van der Waals surface area (Å²) in [7, 11) is 0. The van der Waals surface area contributed by atoms with Crippen LogP contribution in [0.5, 0.6) is 0 Å². The van der Waals surface area contributed by atoms with Crippen molar-refractivity contribution in [3.63, 3.8) is 0 Å². The SMILES string of the molecule is O=C(Cc1ccc(Br)cc1)Nc1nc(-c2ccc(Cl)cc2Cl)cs1. The lowest BCUT2D eigenvalue weighted by molar-refractivity contribution is -0.115. The van der Waals surface area contributed by atoms with Crippen LogP contribution in [0.1, 0.15) is 5.56 Å². The van der Waals surface area contributed by atoms with E-state index in [1.165, 1.54) is 11.3 Å². The Hall–Kier alpha value is -1.40. The van der Waals surface area contributed by atoms with Crippen LogP contribution in [-0.2, 0) is 11.2 Å². The van der Waals surface area contributed by atoms with Gasteiger partial charge in [0.1, 0.15) is 0 Å². The average molecular weight is 442 g/mol. The number of benzene rings is 2. The molecule has 0 bridgehead atoms. The molecular formula is C17H11BrCl2N2OS. The number of aromatic nitrogens is 1. The van der Waals surface area contributed by atoms with E-state index in [4.69, 9.17) is 23.2 Å². The summed E-state index contributed by atoms with van der Waals surface area (Å²) in [4.78, 5) is 16.5. The van der Waals surface area contributed by atoms with E-state index in [0.29, 0.717) is 27.3 Å². The molecular weight excluding hydrogens is 431 g/mol.